The van der Waals surface area contributed by atoms with Crippen molar-refractivity contribution < 1.29 is 9.18 Å². The third-order valence-electron chi connectivity index (χ3n) is 4.30. The number of benzene rings is 1. The zero-order valence-corrected chi connectivity index (χ0v) is 11.7. The van der Waals surface area contributed by atoms with Crippen LogP contribution >= 0.6 is 0 Å². The molecule has 2 nitrogen and oxygen atoms in total. The minimum atomic E-state index is -0.296. The number of hydrogen-bond donors (Lipinski definition) is 0. The van der Waals surface area contributed by atoms with E-state index in [-0.39, 0.29) is 11.6 Å². The highest BCUT2D eigenvalue weighted by molar-refractivity contribution is 5.96. The van der Waals surface area contributed by atoms with E-state index in [0.29, 0.717) is 23.9 Å². The highest BCUT2D eigenvalue weighted by atomic mass is 19.1. The van der Waals surface area contributed by atoms with Gasteiger partial charge in [-0.05, 0) is 56.5 Å². The van der Waals surface area contributed by atoms with E-state index in [1.165, 1.54) is 25.0 Å². The summed E-state index contributed by atoms with van der Waals surface area (Å²) < 4.78 is 12.8. The van der Waals surface area contributed by atoms with Crippen LogP contribution in [-0.2, 0) is 0 Å². The lowest BCUT2D eigenvalue weighted by Gasteiger charge is -2.37. The lowest BCUT2D eigenvalue weighted by Crippen LogP contribution is -2.43. The van der Waals surface area contributed by atoms with Gasteiger partial charge in [-0.1, -0.05) is 6.92 Å². The third kappa shape index (κ3) is 3.63. The van der Waals surface area contributed by atoms with Crippen LogP contribution in [0, 0.1) is 11.7 Å². The van der Waals surface area contributed by atoms with Crippen molar-refractivity contribution in [3.63, 3.8) is 0 Å². The van der Waals surface area contributed by atoms with Gasteiger partial charge < -0.3 is 0 Å². The van der Waals surface area contributed by atoms with E-state index in [0.717, 1.165) is 13.1 Å². The van der Waals surface area contributed by atoms with Gasteiger partial charge in [0.05, 0.1) is 0 Å². The monoisotopic (exact) mass is 263 g/mol. The quantitative estimate of drug-likeness (QED) is 0.775. The largest absolute Gasteiger partial charge is 0.300 e. The minimum Gasteiger partial charge on any atom is -0.300 e. The predicted molar refractivity (Wildman–Crippen MR) is 74.8 cm³/mol. The molecule has 1 heterocycles. The first kappa shape index (κ1) is 14.2. The zero-order chi connectivity index (χ0) is 13.8. The summed E-state index contributed by atoms with van der Waals surface area (Å²) in [5.41, 5.74) is 0.610. The Labute approximate surface area is 114 Å². The van der Waals surface area contributed by atoms with E-state index in [1.807, 2.05) is 0 Å². The standard InChI is InChI=1S/C16H22FNO/c1-12-4-3-10-18(13(12)2)11-9-16(19)14-5-7-15(17)8-6-14/h5-8,12-13H,3-4,9-11H2,1-2H3. The Balaban J connectivity index is 1.88. The molecule has 2 unspecified atom stereocenters. The van der Waals surface area contributed by atoms with Gasteiger partial charge in [0.2, 0.25) is 0 Å². The van der Waals surface area contributed by atoms with Crippen LogP contribution in [0.15, 0.2) is 24.3 Å². The van der Waals surface area contributed by atoms with Gasteiger partial charge >= 0.3 is 0 Å². The summed E-state index contributed by atoms with van der Waals surface area (Å²) in [6.07, 6.45) is 3.02. The van der Waals surface area contributed by atoms with Gasteiger partial charge in [0.25, 0.3) is 0 Å². The lowest BCUT2D eigenvalue weighted by molar-refractivity contribution is 0.0878. The van der Waals surface area contributed by atoms with Gasteiger partial charge in [0.15, 0.2) is 5.78 Å². The smallest absolute Gasteiger partial charge is 0.164 e. The molecule has 2 atom stereocenters. The number of rotatable bonds is 4. The molecule has 2 rings (SSSR count). The number of Topliss-reactive ketones (excluding diaryl/α,β-unsaturated/α-hetero) is 1. The van der Waals surface area contributed by atoms with Crippen LogP contribution in [0.25, 0.3) is 0 Å². The maximum absolute atomic E-state index is 12.8. The number of hydrogen-bond acceptors (Lipinski definition) is 2. The molecular formula is C16H22FNO. The maximum Gasteiger partial charge on any atom is 0.164 e. The topological polar surface area (TPSA) is 20.3 Å². The molecule has 0 saturated carbocycles. The summed E-state index contributed by atoms with van der Waals surface area (Å²) in [4.78, 5) is 14.4. The van der Waals surface area contributed by atoms with E-state index < -0.39 is 0 Å². The molecule has 1 fully saturated rings. The average Bonchev–Trinajstić information content (AvgIpc) is 2.41. The van der Waals surface area contributed by atoms with E-state index in [1.54, 1.807) is 12.1 Å². The van der Waals surface area contributed by atoms with E-state index in [4.69, 9.17) is 0 Å². The zero-order valence-electron chi connectivity index (χ0n) is 11.7. The summed E-state index contributed by atoms with van der Waals surface area (Å²) in [6, 6.07) is 6.38. The first-order chi connectivity index (χ1) is 9.08. The molecule has 1 saturated heterocycles. The van der Waals surface area contributed by atoms with E-state index in [2.05, 4.69) is 18.7 Å². The Morgan fingerprint density at radius 3 is 2.68 bits per heavy atom. The van der Waals surface area contributed by atoms with Crippen molar-refractivity contribution >= 4 is 5.78 Å². The second-order valence-electron chi connectivity index (χ2n) is 5.58. The Morgan fingerprint density at radius 2 is 2.00 bits per heavy atom. The summed E-state index contributed by atoms with van der Waals surface area (Å²) in [5, 5.41) is 0. The Bertz CT molecular complexity index is 429. The summed E-state index contributed by atoms with van der Waals surface area (Å²) in [5.74, 6) is 0.509. The van der Waals surface area contributed by atoms with Crippen molar-refractivity contribution in [1.82, 2.24) is 4.90 Å². The van der Waals surface area contributed by atoms with Crippen LogP contribution in [0.1, 0.15) is 43.5 Å². The van der Waals surface area contributed by atoms with Crippen molar-refractivity contribution in [2.45, 2.75) is 39.2 Å². The van der Waals surface area contributed by atoms with Gasteiger partial charge in [0.1, 0.15) is 5.82 Å². The number of halogens is 1. The average molecular weight is 263 g/mol. The lowest BCUT2D eigenvalue weighted by atomic mass is 9.92. The molecule has 0 amide bonds. The van der Waals surface area contributed by atoms with Crippen LogP contribution in [0.2, 0.25) is 0 Å². The maximum atomic E-state index is 12.8. The molecule has 1 aromatic carbocycles. The molecule has 1 aliphatic rings. The Morgan fingerprint density at radius 1 is 1.32 bits per heavy atom. The minimum absolute atomic E-state index is 0.102. The summed E-state index contributed by atoms with van der Waals surface area (Å²) in [7, 11) is 0. The fourth-order valence-corrected chi connectivity index (χ4v) is 2.76. The van der Waals surface area contributed by atoms with Crippen LogP contribution in [-0.4, -0.2) is 29.8 Å². The van der Waals surface area contributed by atoms with E-state index in [9.17, 15) is 9.18 Å². The van der Waals surface area contributed by atoms with Crippen molar-refractivity contribution in [2.75, 3.05) is 13.1 Å². The van der Waals surface area contributed by atoms with Crippen LogP contribution in [0.5, 0.6) is 0 Å². The second kappa shape index (κ2) is 6.29. The number of carbonyl (C=O) groups excluding carboxylic acids is 1. The van der Waals surface area contributed by atoms with Gasteiger partial charge in [-0.3, -0.25) is 9.69 Å². The SMILES string of the molecule is CC1CCCN(CCC(=O)c2ccc(F)cc2)C1C. The highest BCUT2D eigenvalue weighted by Crippen LogP contribution is 2.23. The van der Waals surface area contributed by atoms with Crippen molar-refractivity contribution in [1.29, 1.82) is 0 Å². The molecule has 0 N–H and O–H groups in total. The molecule has 0 bridgehead atoms. The number of ketones is 1. The molecule has 0 aliphatic carbocycles. The van der Waals surface area contributed by atoms with Crippen LogP contribution < -0.4 is 0 Å². The van der Waals surface area contributed by atoms with Crippen molar-refractivity contribution in [3.8, 4) is 0 Å². The van der Waals surface area contributed by atoms with E-state index >= 15 is 0 Å². The number of likely N-dealkylation sites (tertiary alicyclic amines) is 1. The normalized spacial score (nSPS) is 24.4. The predicted octanol–water partition coefficient (Wildman–Crippen LogP) is 3.52. The first-order valence-electron chi connectivity index (χ1n) is 7.10. The van der Waals surface area contributed by atoms with Crippen LogP contribution in [0.3, 0.4) is 0 Å². The Hall–Kier alpha value is -1.22. The number of carbonyl (C=O) groups is 1. The molecule has 3 heteroatoms. The van der Waals surface area contributed by atoms with Gasteiger partial charge in [-0.15, -0.1) is 0 Å². The summed E-state index contributed by atoms with van der Waals surface area (Å²) >= 11 is 0. The van der Waals surface area contributed by atoms with Crippen molar-refractivity contribution in [3.05, 3.63) is 35.6 Å². The van der Waals surface area contributed by atoms with Gasteiger partial charge in [-0.25, -0.2) is 4.39 Å². The fraction of sp³-hybridized carbons (Fsp3) is 0.562. The highest BCUT2D eigenvalue weighted by Gasteiger charge is 2.24. The molecule has 1 aromatic rings. The van der Waals surface area contributed by atoms with Crippen molar-refractivity contribution in [2.24, 2.45) is 5.92 Å². The molecule has 0 spiro atoms. The molecule has 1 aliphatic heterocycles. The number of piperidine rings is 1. The molecule has 104 valence electrons. The second-order valence-corrected chi connectivity index (χ2v) is 5.58. The molecular weight excluding hydrogens is 241 g/mol. The fourth-order valence-electron chi connectivity index (χ4n) is 2.76. The molecule has 0 radical (unpaired) electrons. The molecule has 0 aromatic heterocycles. The number of nitrogens with zero attached hydrogens (tertiary/aromatic N) is 1. The summed E-state index contributed by atoms with van der Waals surface area (Å²) in [6.45, 7) is 6.41. The molecule has 19 heavy (non-hydrogen) atoms. The van der Waals surface area contributed by atoms with Gasteiger partial charge in [0, 0.05) is 24.6 Å². The third-order valence-corrected chi connectivity index (χ3v) is 4.30. The van der Waals surface area contributed by atoms with Gasteiger partial charge in [-0.2, -0.15) is 0 Å². The Kier molecular flexibility index (Phi) is 4.70. The first-order valence-corrected chi connectivity index (χ1v) is 7.10. The van der Waals surface area contributed by atoms with Crippen LogP contribution in [0.4, 0.5) is 4.39 Å².